The zero-order chi connectivity index (χ0) is 19.3. The number of ether oxygens (including phenoxy) is 1. The summed E-state index contributed by atoms with van der Waals surface area (Å²) in [6, 6.07) is 3.03. The molecule has 0 saturated carbocycles. The summed E-state index contributed by atoms with van der Waals surface area (Å²) in [7, 11) is 1.66. The number of nitro groups is 1. The van der Waals surface area contributed by atoms with Gasteiger partial charge in [-0.1, -0.05) is 6.07 Å². The van der Waals surface area contributed by atoms with Gasteiger partial charge in [-0.2, -0.15) is 0 Å². The standard InChI is InChI=1S/C17H24N4O5/c1-12-4-5-14(21(24)25)17(13(12)2)18-15(22)10-19(3)11-16(23)20-6-8-26-9-7-20/h4-5H,6-11H2,1-3H3,(H,18,22). The lowest BCUT2D eigenvalue weighted by molar-refractivity contribution is -0.384. The first-order valence-electron chi connectivity index (χ1n) is 8.38. The third-order valence-electron chi connectivity index (χ3n) is 4.36. The van der Waals surface area contributed by atoms with Gasteiger partial charge < -0.3 is 15.0 Å². The minimum absolute atomic E-state index is 0.0411. The maximum atomic E-state index is 12.3. The van der Waals surface area contributed by atoms with Crippen molar-refractivity contribution in [3.63, 3.8) is 0 Å². The Morgan fingerprint density at radius 1 is 1.27 bits per heavy atom. The van der Waals surface area contributed by atoms with Gasteiger partial charge in [-0.05, 0) is 32.0 Å². The van der Waals surface area contributed by atoms with Gasteiger partial charge in [-0.15, -0.1) is 0 Å². The average molecular weight is 364 g/mol. The number of morpholine rings is 1. The van der Waals surface area contributed by atoms with E-state index in [2.05, 4.69) is 5.32 Å². The fourth-order valence-corrected chi connectivity index (χ4v) is 2.74. The molecule has 1 aromatic carbocycles. The zero-order valence-corrected chi connectivity index (χ0v) is 15.3. The van der Waals surface area contributed by atoms with Crippen LogP contribution in [0.5, 0.6) is 0 Å². The third-order valence-corrected chi connectivity index (χ3v) is 4.36. The summed E-state index contributed by atoms with van der Waals surface area (Å²) in [6.07, 6.45) is 0. The lowest BCUT2D eigenvalue weighted by Crippen LogP contribution is -2.46. The number of anilines is 1. The SMILES string of the molecule is Cc1ccc([N+](=O)[O-])c(NC(=O)CN(C)CC(=O)N2CCOCC2)c1C. The number of nitrogens with zero attached hydrogens (tertiary/aromatic N) is 3. The van der Waals surface area contributed by atoms with E-state index in [9.17, 15) is 19.7 Å². The van der Waals surface area contributed by atoms with Crippen molar-refractivity contribution in [2.24, 2.45) is 0 Å². The van der Waals surface area contributed by atoms with Crippen LogP contribution in [0.3, 0.4) is 0 Å². The van der Waals surface area contributed by atoms with Crippen LogP contribution in [-0.4, -0.2) is 73.0 Å². The Morgan fingerprint density at radius 3 is 2.54 bits per heavy atom. The van der Waals surface area contributed by atoms with E-state index in [1.165, 1.54) is 6.07 Å². The fourth-order valence-electron chi connectivity index (χ4n) is 2.74. The van der Waals surface area contributed by atoms with Crippen LogP contribution >= 0.6 is 0 Å². The van der Waals surface area contributed by atoms with Gasteiger partial charge in [-0.25, -0.2) is 0 Å². The molecule has 9 heteroatoms. The number of hydrogen-bond acceptors (Lipinski definition) is 6. The Balaban J connectivity index is 1.97. The highest BCUT2D eigenvalue weighted by atomic mass is 16.6. The van der Waals surface area contributed by atoms with Crippen LogP contribution in [0.4, 0.5) is 11.4 Å². The summed E-state index contributed by atoms with van der Waals surface area (Å²) in [5, 5.41) is 13.8. The van der Waals surface area contributed by atoms with Crippen LogP contribution in [0.2, 0.25) is 0 Å². The molecule has 1 aliphatic rings. The van der Waals surface area contributed by atoms with Crippen LogP contribution in [0, 0.1) is 24.0 Å². The monoisotopic (exact) mass is 364 g/mol. The number of benzene rings is 1. The summed E-state index contributed by atoms with van der Waals surface area (Å²) < 4.78 is 5.21. The van der Waals surface area contributed by atoms with E-state index in [1.54, 1.807) is 29.8 Å². The summed E-state index contributed by atoms with van der Waals surface area (Å²) in [5.74, 6) is -0.472. The molecule has 1 N–H and O–H groups in total. The maximum absolute atomic E-state index is 12.3. The Kier molecular flexibility index (Phi) is 6.64. The number of hydrogen-bond donors (Lipinski definition) is 1. The lowest BCUT2D eigenvalue weighted by Gasteiger charge is -2.28. The van der Waals surface area contributed by atoms with Gasteiger partial charge in [0.25, 0.3) is 5.69 Å². The van der Waals surface area contributed by atoms with E-state index in [0.29, 0.717) is 31.9 Å². The molecule has 1 heterocycles. The highest BCUT2D eigenvalue weighted by molar-refractivity contribution is 5.95. The Labute approximate surface area is 152 Å². The molecular weight excluding hydrogens is 340 g/mol. The van der Waals surface area contributed by atoms with Crippen LogP contribution in [-0.2, 0) is 14.3 Å². The average Bonchev–Trinajstić information content (AvgIpc) is 2.59. The van der Waals surface area contributed by atoms with Crippen molar-refractivity contribution >= 4 is 23.2 Å². The van der Waals surface area contributed by atoms with Gasteiger partial charge in [0.1, 0.15) is 5.69 Å². The summed E-state index contributed by atoms with van der Waals surface area (Å²) in [5.41, 5.74) is 1.56. The summed E-state index contributed by atoms with van der Waals surface area (Å²) >= 11 is 0. The fraction of sp³-hybridized carbons (Fsp3) is 0.529. The van der Waals surface area contributed by atoms with Crippen molar-refractivity contribution in [1.29, 1.82) is 0 Å². The van der Waals surface area contributed by atoms with Gasteiger partial charge in [-0.3, -0.25) is 24.6 Å². The Hall–Kier alpha value is -2.52. The second-order valence-corrected chi connectivity index (χ2v) is 6.37. The molecule has 0 spiro atoms. The van der Waals surface area contributed by atoms with Crippen molar-refractivity contribution in [3.8, 4) is 0 Å². The number of nitrogens with one attached hydrogen (secondary N) is 1. The Bertz CT molecular complexity index is 701. The highest BCUT2D eigenvalue weighted by Gasteiger charge is 2.22. The molecule has 142 valence electrons. The molecule has 2 amide bonds. The zero-order valence-electron chi connectivity index (χ0n) is 15.3. The minimum atomic E-state index is -0.520. The molecule has 26 heavy (non-hydrogen) atoms. The summed E-state index contributed by atoms with van der Waals surface area (Å²) in [4.78, 5) is 38.5. The number of likely N-dealkylation sites (N-methyl/N-ethyl adjacent to an activating group) is 1. The number of rotatable bonds is 6. The predicted octanol–water partition coefficient (Wildman–Crippen LogP) is 0.941. The number of carbonyl (C=O) groups is 2. The van der Waals surface area contributed by atoms with Gasteiger partial charge in [0.2, 0.25) is 11.8 Å². The first kappa shape index (κ1) is 19.8. The number of amides is 2. The minimum Gasteiger partial charge on any atom is -0.378 e. The molecule has 1 aromatic rings. The molecule has 1 fully saturated rings. The molecular formula is C17H24N4O5. The third kappa shape index (κ3) is 4.99. The van der Waals surface area contributed by atoms with Gasteiger partial charge in [0.05, 0.1) is 31.2 Å². The molecule has 0 radical (unpaired) electrons. The van der Waals surface area contributed by atoms with Gasteiger partial charge in [0.15, 0.2) is 0 Å². The summed E-state index contributed by atoms with van der Waals surface area (Å²) in [6.45, 7) is 5.74. The van der Waals surface area contributed by atoms with Crippen molar-refractivity contribution in [1.82, 2.24) is 9.80 Å². The second-order valence-electron chi connectivity index (χ2n) is 6.37. The number of nitro benzene ring substituents is 1. The van der Waals surface area contributed by atoms with Crippen molar-refractivity contribution in [2.75, 3.05) is 51.8 Å². The van der Waals surface area contributed by atoms with E-state index in [1.807, 2.05) is 6.92 Å². The first-order chi connectivity index (χ1) is 12.3. The highest BCUT2D eigenvalue weighted by Crippen LogP contribution is 2.30. The van der Waals surface area contributed by atoms with E-state index < -0.39 is 10.8 Å². The normalized spacial score (nSPS) is 14.4. The van der Waals surface area contributed by atoms with Crippen LogP contribution < -0.4 is 5.32 Å². The van der Waals surface area contributed by atoms with Crippen LogP contribution in [0.1, 0.15) is 11.1 Å². The lowest BCUT2D eigenvalue weighted by atomic mass is 10.1. The van der Waals surface area contributed by atoms with Crippen molar-refractivity contribution < 1.29 is 19.2 Å². The van der Waals surface area contributed by atoms with E-state index in [0.717, 1.165) is 5.56 Å². The molecule has 2 rings (SSSR count). The molecule has 1 saturated heterocycles. The van der Waals surface area contributed by atoms with E-state index in [-0.39, 0.29) is 30.4 Å². The van der Waals surface area contributed by atoms with Crippen molar-refractivity contribution in [2.45, 2.75) is 13.8 Å². The molecule has 0 aliphatic carbocycles. The van der Waals surface area contributed by atoms with Gasteiger partial charge in [0, 0.05) is 19.2 Å². The molecule has 1 aliphatic heterocycles. The molecule has 0 atom stereocenters. The number of carbonyl (C=O) groups excluding carboxylic acids is 2. The Morgan fingerprint density at radius 2 is 1.92 bits per heavy atom. The van der Waals surface area contributed by atoms with Gasteiger partial charge >= 0.3 is 0 Å². The maximum Gasteiger partial charge on any atom is 0.293 e. The molecule has 0 bridgehead atoms. The first-order valence-corrected chi connectivity index (χ1v) is 8.38. The van der Waals surface area contributed by atoms with E-state index in [4.69, 9.17) is 4.74 Å². The molecule has 9 nitrogen and oxygen atoms in total. The number of aryl methyl sites for hydroxylation is 1. The van der Waals surface area contributed by atoms with E-state index >= 15 is 0 Å². The predicted molar refractivity (Wildman–Crippen MR) is 96.1 cm³/mol. The quantitative estimate of drug-likeness (QED) is 0.595. The largest absolute Gasteiger partial charge is 0.378 e. The molecule has 0 unspecified atom stereocenters. The van der Waals surface area contributed by atoms with Crippen molar-refractivity contribution in [3.05, 3.63) is 33.4 Å². The second kappa shape index (κ2) is 8.72. The molecule has 0 aromatic heterocycles. The van der Waals surface area contributed by atoms with Crippen LogP contribution in [0.15, 0.2) is 12.1 Å². The van der Waals surface area contributed by atoms with Crippen LogP contribution in [0.25, 0.3) is 0 Å². The topological polar surface area (TPSA) is 105 Å². The smallest absolute Gasteiger partial charge is 0.293 e.